The van der Waals surface area contributed by atoms with Gasteiger partial charge < -0.3 is 9.64 Å². The van der Waals surface area contributed by atoms with Crippen molar-refractivity contribution >= 4 is 5.91 Å². The molecular formula is C18H26FNO2. The summed E-state index contributed by atoms with van der Waals surface area (Å²) in [6.07, 6.45) is 1.93. The van der Waals surface area contributed by atoms with Crippen molar-refractivity contribution in [2.45, 2.75) is 46.0 Å². The van der Waals surface area contributed by atoms with E-state index in [0.717, 1.165) is 37.2 Å². The quantitative estimate of drug-likeness (QED) is 0.851. The predicted molar refractivity (Wildman–Crippen MR) is 85.6 cm³/mol. The van der Waals surface area contributed by atoms with Gasteiger partial charge in [0.1, 0.15) is 11.6 Å². The Kier molecular flexibility index (Phi) is 5.09. The van der Waals surface area contributed by atoms with E-state index >= 15 is 0 Å². The standard InChI is InChI=1S/C18H26FNO2/c1-13(21)20-9-7-14(8-10-20)12-22-17-6-5-15(19)11-16(17)18(2,3)4/h5-6,11,14H,7-10,12H2,1-4H3. The van der Waals surface area contributed by atoms with Crippen molar-refractivity contribution in [3.8, 4) is 5.75 Å². The first-order valence-electron chi connectivity index (χ1n) is 7.95. The largest absolute Gasteiger partial charge is 0.493 e. The monoisotopic (exact) mass is 307 g/mol. The summed E-state index contributed by atoms with van der Waals surface area (Å²) in [6.45, 7) is 10.0. The number of nitrogens with zero attached hydrogens (tertiary/aromatic N) is 1. The third kappa shape index (κ3) is 4.21. The van der Waals surface area contributed by atoms with Crippen LogP contribution in [0.2, 0.25) is 0 Å². The highest BCUT2D eigenvalue weighted by atomic mass is 19.1. The van der Waals surface area contributed by atoms with Crippen molar-refractivity contribution in [1.82, 2.24) is 4.90 Å². The number of likely N-dealkylation sites (tertiary alicyclic amines) is 1. The van der Waals surface area contributed by atoms with Gasteiger partial charge in [0.05, 0.1) is 6.61 Å². The number of benzene rings is 1. The molecule has 1 aromatic carbocycles. The maximum absolute atomic E-state index is 13.5. The molecule has 22 heavy (non-hydrogen) atoms. The van der Waals surface area contributed by atoms with E-state index in [-0.39, 0.29) is 17.1 Å². The zero-order valence-electron chi connectivity index (χ0n) is 14.0. The minimum atomic E-state index is -0.230. The van der Waals surface area contributed by atoms with Gasteiger partial charge in [-0.3, -0.25) is 4.79 Å². The van der Waals surface area contributed by atoms with E-state index < -0.39 is 0 Å². The second kappa shape index (κ2) is 6.67. The molecule has 0 spiro atoms. The molecule has 1 fully saturated rings. The molecule has 1 heterocycles. The molecule has 0 aliphatic carbocycles. The lowest BCUT2D eigenvalue weighted by atomic mass is 9.86. The van der Waals surface area contributed by atoms with E-state index in [9.17, 15) is 9.18 Å². The zero-order chi connectivity index (χ0) is 16.3. The molecule has 0 atom stereocenters. The average molecular weight is 307 g/mol. The summed E-state index contributed by atoms with van der Waals surface area (Å²) in [5, 5.41) is 0. The smallest absolute Gasteiger partial charge is 0.219 e. The van der Waals surface area contributed by atoms with E-state index in [1.54, 1.807) is 19.1 Å². The van der Waals surface area contributed by atoms with Gasteiger partial charge in [0.2, 0.25) is 5.91 Å². The first-order valence-corrected chi connectivity index (χ1v) is 7.95. The Hall–Kier alpha value is -1.58. The molecule has 0 saturated carbocycles. The summed E-state index contributed by atoms with van der Waals surface area (Å²) < 4.78 is 19.5. The summed E-state index contributed by atoms with van der Waals surface area (Å²) >= 11 is 0. The minimum absolute atomic E-state index is 0.146. The van der Waals surface area contributed by atoms with Crippen LogP contribution in [0.15, 0.2) is 18.2 Å². The van der Waals surface area contributed by atoms with Crippen LogP contribution in [0.3, 0.4) is 0 Å². The summed E-state index contributed by atoms with van der Waals surface area (Å²) in [4.78, 5) is 13.2. The van der Waals surface area contributed by atoms with Crippen molar-refractivity contribution in [2.75, 3.05) is 19.7 Å². The number of carbonyl (C=O) groups is 1. The molecule has 2 rings (SSSR count). The van der Waals surface area contributed by atoms with Crippen LogP contribution in [0.5, 0.6) is 5.75 Å². The summed E-state index contributed by atoms with van der Waals surface area (Å²) in [6, 6.07) is 4.73. The number of rotatable bonds is 3. The number of amides is 1. The van der Waals surface area contributed by atoms with E-state index in [1.165, 1.54) is 6.07 Å². The van der Waals surface area contributed by atoms with Crippen LogP contribution in [0.25, 0.3) is 0 Å². The lowest BCUT2D eigenvalue weighted by molar-refractivity contribution is -0.130. The summed E-state index contributed by atoms with van der Waals surface area (Å²) in [5.74, 6) is 1.14. The Bertz CT molecular complexity index is 528. The van der Waals surface area contributed by atoms with Gasteiger partial charge >= 0.3 is 0 Å². The predicted octanol–water partition coefficient (Wildman–Crippen LogP) is 3.76. The van der Waals surface area contributed by atoms with Crippen LogP contribution >= 0.6 is 0 Å². The number of hydrogen-bond acceptors (Lipinski definition) is 2. The Morgan fingerprint density at radius 3 is 2.50 bits per heavy atom. The number of hydrogen-bond donors (Lipinski definition) is 0. The van der Waals surface area contributed by atoms with Gasteiger partial charge in [-0.25, -0.2) is 4.39 Å². The molecule has 1 aromatic rings. The Morgan fingerprint density at radius 1 is 1.32 bits per heavy atom. The van der Waals surface area contributed by atoms with Gasteiger partial charge in [-0.2, -0.15) is 0 Å². The second-order valence-electron chi connectivity index (χ2n) is 7.15. The maximum atomic E-state index is 13.5. The van der Waals surface area contributed by atoms with Gasteiger partial charge in [-0.15, -0.1) is 0 Å². The van der Waals surface area contributed by atoms with Gasteiger partial charge in [0.25, 0.3) is 0 Å². The second-order valence-corrected chi connectivity index (χ2v) is 7.15. The summed E-state index contributed by atoms with van der Waals surface area (Å²) in [7, 11) is 0. The van der Waals surface area contributed by atoms with Gasteiger partial charge in [0, 0.05) is 25.6 Å². The maximum Gasteiger partial charge on any atom is 0.219 e. The Balaban J connectivity index is 1.97. The molecule has 0 aromatic heterocycles. The van der Waals surface area contributed by atoms with E-state index in [4.69, 9.17) is 4.74 Å². The fraction of sp³-hybridized carbons (Fsp3) is 0.611. The number of halogens is 1. The molecule has 4 heteroatoms. The fourth-order valence-electron chi connectivity index (χ4n) is 2.84. The molecule has 0 bridgehead atoms. The molecule has 0 N–H and O–H groups in total. The van der Waals surface area contributed by atoms with Crippen LogP contribution < -0.4 is 4.74 Å². The van der Waals surface area contributed by atoms with E-state index in [0.29, 0.717) is 12.5 Å². The lowest BCUT2D eigenvalue weighted by Gasteiger charge is -2.31. The van der Waals surface area contributed by atoms with Crippen molar-refractivity contribution in [1.29, 1.82) is 0 Å². The van der Waals surface area contributed by atoms with Crippen molar-refractivity contribution < 1.29 is 13.9 Å². The van der Waals surface area contributed by atoms with Crippen molar-refractivity contribution in [3.63, 3.8) is 0 Å². The highest BCUT2D eigenvalue weighted by Crippen LogP contribution is 2.32. The van der Waals surface area contributed by atoms with Crippen molar-refractivity contribution in [2.24, 2.45) is 5.92 Å². The fourth-order valence-corrected chi connectivity index (χ4v) is 2.84. The van der Waals surface area contributed by atoms with E-state index in [1.807, 2.05) is 4.90 Å². The normalized spacial score (nSPS) is 16.7. The molecule has 1 amide bonds. The average Bonchev–Trinajstić information content (AvgIpc) is 2.45. The van der Waals surface area contributed by atoms with Gasteiger partial charge in [-0.1, -0.05) is 20.8 Å². The molecule has 1 aliphatic rings. The first kappa shape index (κ1) is 16.8. The highest BCUT2D eigenvalue weighted by Gasteiger charge is 2.23. The Morgan fingerprint density at radius 2 is 1.95 bits per heavy atom. The minimum Gasteiger partial charge on any atom is -0.493 e. The first-order chi connectivity index (χ1) is 10.3. The molecular weight excluding hydrogens is 281 g/mol. The van der Waals surface area contributed by atoms with Crippen LogP contribution in [-0.2, 0) is 10.2 Å². The van der Waals surface area contributed by atoms with Gasteiger partial charge in [0.15, 0.2) is 0 Å². The van der Waals surface area contributed by atoms with E-state index in [2.05, 4.69) is 20.8 Å². The number of ether oxygens (including phenoxy) is 1. The molecule has 0 unspecified atom stereocenters. The number of carbonyl (C=O) groups excluding carboxylic acids is 1. The SMILES string of the molecule is CC(=O)N1CCC(COc2ccc(F)cc2C(C)(C)C)CC1. The Labute approximate surface area is 132 Å². The number of piperidine rings is 1. The van der Waals surface area contributed by atoms with Crippen LogP contribution in [0, 0.1) is 11.7 Å². The molecule has 1 aliphatic heterocycles. The molecule has 3 nitrogen and oxygen atoms in total. The van der Waals surface area contributed by atoms with Crippen LogP contribution in [0.1, 0.15) is 46.1 Å². The van der Waals surface area contributed by atoms with Crippen LogP contribution in [-0.4, -0.2) is 30.5 Å². The highest BCUT2D eigenvalue weighted by molar-refractivity contribution is 5.73. The molecule has 1 saturated heterocycles. The third-order valence-electron chi connectivity index (χ3n) is 4.28. The third-order valence-corrected chi connectivity index (χ3v) is 4.28. The molecule has 122 valence electrons. The van der Waals surface area contributed by atoms with Crippen LogP contribution in [0.4, 0.5) is 4.39 Å². The summed E-state index contributed by atoms with van der Waals surface area (Å²) in [5.41, 5.74) is 0.740. The topological polar surface area (TPSA) is 29.5 Å². The van der Waals surface area contributed by atoms with Crippen molar-refractivity contribution in [3.05, 3.63) is 29.6 Å². The van der Waals surface area contributed by atoms with Gasteiger partial charge in [-0.05, 0) is 42.4 Å². The molecule has 0 radical (unpaired) electrons. The zero-order valence-corrected chi connectivity index (χ0v) is 14.0. The lowest BCUT2D eigenvalue weighted by Crippen LogP contribution is -2.38.